The van der Waals surface area contributed by atoms with Gasteiger partial charge < -0.3 is 9.72 Å². The molecular formula is C16H19N5O. The van der Waals surface area contributed by atoms with Gasteiger partial charge in [0, 0.05) is 42.3 Å². The van der Waals surface area contributed by atoms with Crippen LogP contribution in [0.5, 0.6) is 0 Å². The van der Waals surface area contributed by atoms with E-state index in [-0.39, 0.29) is 0 Å². The summed E-state index contributed by atoms with van der Waals surface area (Å²) in [6.45, 7) is 5.53. The van der Waals surface area contributed by atoms with E-state index in [0.29, 0.717) is 0 Å². The minimum atomic E-state index is 0.833. The van der Waals surface area contributed by atoms with E-state index < -0.39 is 0 Å². The van der Waals surface area contributed by atoms with Crippen molar-refractivity contribution in [3.63, 3.8) is 0 Å². The molecule has 1 aliphatic rings. The van der Waals surface area contributed by atoms with Crippen LogP contribution in [0, 0.1) is 0 Å². The highest BCUT2D eigenvalue weighted by Gasteiger charge is 2.11. The summed E-state index contributed by atoms with van der Waals surface area (Å²) < 4.78 is 7.29. The third-order valence-corrected chi connectivity index (χ3v) is 4.14. The standard InChI is InChI=1S/C16H19N5O/c1-2-15-14(3-4-17-15)11-13(1)16-12-21(19-18-16)6-5-20-7-9-22-10-8-20/h1-4,11-12,17H,5-10H2. The highest BCUT2D eigenvalue weighted by Crippen LogP contribution is 2.21. The van der Waals surface area contributed by atoms with E-state index in [1.54, 1.807) is 0 Å². The first-order valence-electron chi connectivity index (χ1n) is 7.66. The van der Waals surface area contributed by atoms with Crippen molar-refractivity contribution in [3.05, 3.63) is 36.7 Å². The largest absolute Gasteiger partial charge is 0.379 e. The van der Waals surface area contributed by atoms with Crippen LogP contribution in [-0.2, 0) is 11.3 Å². The lowest BCUT2D eigenvalue weighted by Gasteiger charge is -2.26. The molecule has 3 aromatic rings. The number of aromatic nitrogens is 4. The molecule has 0 radical (unpaired) electrons. The maximum Gasteiger partial charge on any atom is 0.113 e. The fourth-order valence-electron chi connectivity index (χ4n) is 2.82. The molecule has 3 heterocycles. The van der Waals surface area contributed by atoms with E-state index in [2.05, 4.69) is 44.5 Å². The molecule has 0 aliphatic carbocycles. The molecule has 6 heteroatoms. The van der Waals surface area contributed by atoms with Gasteiger partial charge in [0.25, 0.3) is 0 Å². The number of aromatic amines is 1. The molecule has 0 saturated carbocycles. The van der Waals surface area contributed by atoms with Crippen molar-refractivity contribution in [3.8, 4) is 11.3 Å². The summed E-state index contributed by atoms with van der Waals surface area (Å²) in [6, 6.07) is 8.37. The second-order valence-corrected chi connectivity index (χ2v) is 5.60. The first-order valence-corrected chi connectivity index (χ1v) is 7.66. The number of benzene rings is 1. The molecule has 22 heavy (non-hydrogen) atoms. The van der Waals surface area contributed by atoms with Crippen molar-refractivity contribution < 1.29 is 4.74 Å². The van der Waals surface area contributed by atoms with E-state index in [0.717, 1.165) is 56.2 Å². The molecule has 0 spiro atoms. The molecule has 1 saturated heterocycles. The summed E-state index contributed by atoms with van der Waals surface area (Å²) in [5.41, 5.74) is 3.17. The van der Waals surface area contributed by atoms with Gasteiger partial charge in [-0.3, -0.25) is 9.58 Å². The Kier molecular flexibility index (Phi) is 3.62. The zero-order chi connectivity index (χ0) is 14.8. The number of ether oxygens (including phenoxy) is 1. The van der Waals surface area contributed by atoms with Crippen LogP contribution in [0.3, 0.4) is 0 Å². The highest BCUT2D eigenvalue weighted by atomic mass is 16.5. The lowest BCUT2D eigenvalue weighted by atomic mass is 10.1. The van der Waals surface area contributed by atoms with E-state index in [1.807, 2.05) is 17.1 Å². The van der Waals surface area contributed by atoms with Crippen molar-refractivity contribution in [2.45, 2.75) is 6.54 Å². The predicted octanol–water partition coefficient (Wildman–Crippen LogP) is 1.76. The molecular weight excluding hydrogens is 278 g/mol. The summed E-state index contributed by atoms with van der Waals surface area (Å²) in [5, 5.41) is 9.74. The number of hydrogen-bond donors (Lipinski definition) is 1. The Hall–Kier alpha value is -2.18. The Morgan fingerprint density at radius 3 is 2.95 bits per heavy atom. The first kappa shape index (κ1) is 13.5. The third-order valence-electron chi connectivity index (χ3n) is 4.14. The Morgan fingerprint density at radius 2 is 2.05 bits per heavy atom. The van der Waals surface area contributed by atoms with Gasteiger partial charge in [0.2, 0.25) is 0 Å². The second-order valence-electron chi connectivity index (χ2n) is 5.60. The third kappa shape index (κ3) is 2.75. The minimum absolute atomic E-state index is 0.833. The van der Waals surface area contributed by atoms with E-state index in [1.165, 1.54) is 5.39 Å². The lowest BCUT2D eigenvalue weighted by molar-refractivity contribution is 0.0359. The maximum absolute atomic E-state index is 5.36. The van der Waals surface area contributed by atoms with Gasteiger partial charge >= 0.3 is 0 Å². The van der Waals surface area contributed by atoms with Crippen LogP contribution < -0.4 is 0 Å². The van der Waals surface area contributed by atoms with Crippen LogP contribution in [-0.4, -0.2) is 57.7 Å². The molecule has 114 valence electrons. The van der Waals surface area contributed by atoms with Crippen LogP contribution in [0.2, 0.25) is 0 Å². The average molecular weight is 297 g/mol. The molecule has 0 unspecified atom stereocenters. The van der Waals surface area contributed by atoms with Gasteiger partial charge in [0.15, 0.2) is 0 Å². The lowest BCUT2D eigenvalue weighted by Crippen LogP contribution is -2.38. The molecule has 4 rings (SSSR count). The number of morpholine rings is 1. The van der Waals surface area contributed by atoms with Crippen molar-refractivity contribution >= 4 is 10.9 Å². The zero-order valence-electron chi connectivity index (χ0n) is 12.4. The van der Waals surface area contributed by atoms with Crippen LogP contribution in [0.4, 0.5) is 0 Å². The number of fused-ring (bicyclic) bond motifs is 1. The van der Waals surface area contributed by atoms with E-state index >= 15 is 0 Å². The normalized spacial score (nSPS) is 16.4. The summed E-state index contributed by atoms with van der Waals surface area (Å²) >= 11 is 0. The molecule has 1 N–H and O–H groups in total. The fraction of sp³-hybridized carbons (Fsp3) is 0.375. The van der Waals surface area contributed by atoms with Gasteiger partial charge in [-0.1, -0.05) is 11.3 Å². The number of hydrogen-bond acceptors (Lipinski definition) is 4. The SMILES string of the molecule is c1cc2cc(-c3cn(CCN4CCOCC4)nn3)ccc2[nH]1. The van der Waals surface area contributed by atoms with Crippen molar-refractivity contribution in [2.24, 2.45) is 0 Å². The summed E-state index contributed by atoms with van der Waals surface area (Å²) in [4.78, 5) is 5.60. The van der Waals surface area contributed by atoms with Crippen molar-refractivity contribution in [1.29, 1.82) is 0 Å². The number of H-pyrrole nitrogens is 1. The average Bonchev–Trinajstić information content (AvgIpc) is 3.22. The number of nitrogens with zero attached hydrogens (tertiary/aromatic N) is 4. The number of nitrogens with one attached hydrogen (secondary N) is 1. The Morgan fingerprint density at radius 1 is 1.14 bits per heavy atom. The Balaban J connectivity index is 1.46. The molecule has 0 bridgehead atoms. The predicted molar refractivity (Wildman–Crippen MR) is 84.6 cm³/mol. The molecule has 1 aliphatic heterocycles. The fourth-order valence-corrected chi connectivity index (χ4v) is 2.82. The maximum atomic E-state index is 5.36. The Labute approximate surface area is 128 Å². The van der Waals surface area contributed by atoms with E-state index in [9.17, 15) is 0 Å². The molecule has 0 atom stereocenters. The Bertz CT molecular complexity index is 757. The summed E-state index contributed by atoms with van der Waals surface area (Å²) in [7, 11) is 0. The monoisotopic (exact) mass is 297 g/mol. The van der Waals surface area contributed by atoms with Gasteiger partial charge in [0.05, 0.1) is 26.0 Å². The topological polar surface area (TPSA) is 59.0 Å². The molecule has 2 aromatic heterocycles. The van der Waals surface area contributed by atoms with Gasteiger partial charge in [-0.05, 0) is 18.2 Å². The second kappa shape index (κ2) is 5.90. The van der Waals surface area contributed by atoms with Crippen molar-refractivity contribution in [2.75, 3.05) is 32.8 Å². The highest BCUT2D eigenvalue weighted by molar-refractivity contribution is 5.84. The quantitative estimate of drug-likeness (QED) is 0.797. The van der Waals surface area contributed by atoms with Crippen LogP contribution in [0.15, 0.2) is 36.7 Å². The molecule has 1 fully saturated rings. The molecule has 6 nitrogen and oxygen atoms in total. The summed E-state index contributed by atoms with van der Waals surface area (Å²) in [6.07, 6.45) is 3.97. The van der Waals surface area contributed by atoms with Crippen LogP contribution in [0.25, 0.3) is 22.2 Å². The van der Waals surface area contributed by atoms with Crippen LogP contribution in [0.1, 0.15) is 0 Å². The van der Waals surface area contributed by atoms with Gasteiger partial charge in [-0.25, -0.2) is 0 Å². The number of rotatable bonds is 4. The zero-order valence-corrected chi connectivity index (χ0v) is 12.4. The first-order chi connectivity index (χ1) is 10.9. The minimum Gasteiger partial charge on any atom is -0.379 e. The van der Waals surface area contributed by atoms with Gasteiger partial charge in [0.1, 0.15) is 5.69 Å². The smallest absolute Gasteiger partial charge is 0.113 e. The van der Waals surface area contributed by atoms with Crippen molar-refractivity contribution in [1.82, 2.24) is 24.9 Å². The van der Waals surface area contributed by atoms with E-state index in [4.69, 9.17) is 4.74 Å². The van der Waals surface area contributed by atoms with Gasteiger partial charge in [-0.2, -0.15) is 0 Å². The molecule has 0 amide bonds. The summed E-state index contributed by atoms with van der Waals surface area (Å²) in [5.74, 6) is 0. The molecule has 1 aromatic carbocycles. The van der Waals surface area contributed by atoms with Gasteiger partial charge in [-0.15, -0.1) is 5.10 Å². The van der Waals surface area contributed by atoms with Crippen LogP contribution >= 0.6 is 0 Å².